The van der Waals surface area contributed by atoms with E-state index in [0.29, 0.717) is 36.1 Å². The zero-order valence-corrected chi connectivity index (χ0v) is 21.2. The quantitative estimate of drug-likeness (QED) is 0.446. The Balaban J connectivity index is 1.40. The summed E-state index contributed by atoms with van der Waals surface area (Å²) in [6, 6.07) is 16.3. The van der Waals surface area contributed by atoms with Gasteiger partial charge in [0, 0.05) is 31.1 Å². The summed E-state index contributed by atoms with van der Waals surface area (Å²) < 4.78 is 11.3. The lowest BCUT2D eigenvalue weighted by molar-refractivity contribution is -0.121. The third-order valence-corrected chi connectivity index (χ3v) is 6.65. The molecule has 2 aliphatic heterocycles. The smallest absolute Gasteiger partial charge is 0.410 e. The Hall–Kier alpha value is -3.25. The summed E-state index contributed by atoms with van der Waals surface area (Å²) >= 11 is 6.81. The van der Waals surface area contributed by atoms with E-state index < -0.39 is 5.60 Å². The van der Waals surface area contributed by atoms with E-state index in [1.165, 1.54) is 0 Å². The highest BCUT2D eigenvalue weighted by Crippen LogP contribution is 2.43. The van der Waals surface area contributed by atoms with Crippen LogP contribution in [-0.2, 0) is 9.53 Å². The number of halogens is 1. The topological polar surface area (TPSA) is 59.1 Å². The normalized spacial score (nSPS) is 16.1. The number of carbonyl (C=O) groups is 2. The number of benzene rings is 3. The van der Waals surface area contributed by atoms with Gasteiger partial charge in [-0.3, -0.25) is 4.79 Å². The summed E-state index contributed by atoms with van der Waals surface area (Å²) in [5, 5.41) is 2.82. The molecule has 35 heavy (non-hydrogen) atoms. The first-order valence-electron chi connectivity index (χ1n) is 11.8. The van der Waals surface area contributed by atoms with Crippen LogP contribution in [0.4, 0.5) is 10.5 Å². The Bertz CT molecular complexity index is 1320. The molecule has 1 saturated heterocycles. The second-order valence-electron chi connectivity index (χ2n) is 10.4. The number of likely N-dealkylation sites (tertiary alicyclic amines) is 1. The summed E-state index contributed by atoms with van der Waals surface area (Å²) in [5.74, 6) is 0.688. The van der Waals surface area contributed by atoms with Crippen LogP contribution in [0.15, 0.2) is 48.5 Å². The largest absolute Gasteiger partial charge is 0.482 e. The fourth-order valence-corrected chi connectivity index (χ4v) is 4.99. The summed E-state index contributed by atoms with van der Waals surface area (Å²) in [6.07, 6.45) is -0.319. The molecule has 0 spiro atoms. The van der Waals surface area contributed by atoms with Crippen molar-refractivity contribution < 1.29 is 19.1 Å². The first-order valence-corrected chi connectivity index (χ1v) is 12.2. The Morgan fingerprint density at radius 2 is 1.86 bits per heavy atom. The molecule has 0 N–H and O–H groups in total. The highest BCUT2D eigenvalue weighted by Gasteiger charge is 2.37. The number of rotatable bonds is 3. The molecular formula is C28H29ClN2O4. The van der Waals surface area contributed by atoms with Crippen molar-refractivity contribution >= 4 is 40.1 Å². The Morgan fingerprint density at radius 3 is 2.60 bits per heavy atom. The van der Waals surface area contributed by atoms with Gasteiger partial charge >= 0.3 is 6.09 Å². The van der Waals surface area contributed by atoms with Gasteiger partial charge < -0.3 is 19.3 Å². The van der Waals surface area contributed by atoms with Crippen LogP contribution in [0.25, 0.3) is 21.9 Å². The van der Waals surface area contributed by atoms with Crippen molar-refractivity contribution in [2.24, 2.45) is 5.92 Å². The molecule has 7 heteroatoms. The van der Waals surface area contributed by atoms with Crippen molar-refractivity contribution in [3.8, 4) is 16.9 Å². The summed E-state index contributed by atoms with van der Waals surface area (Å²) in [5.41, 5.74) is 3.19. The number of hydrogen-bond donors (Lipinski definition) is 0. The Morgan fingerprint density at radius 1 is 1.11 bits per heavy atom. The number of fused-ring (bicyclic) bond motifs is 2. The molecule has 2 amide bonds. The van der Waals surface area contributed by atoms with Gasteiger partial charge in [-0.2, -0.15) is 0 Å². The van der Waals surface area contributed by atoms with Crippen LogP contribution in [0.3, 0.4) is 0 Å². The zero-order chi connectivity index (χ0) is 24.9. The first-order chi connectivity index (χ1) is 16.6. The molecule has 0 aromatic heterocycles. The number of nitrogens with zero attached hydrogens (tertiary/aromatic N) is 2. The third kappa shape index (κ3) is 4.67. The first kappa shape index (κ1) is 23.5. The van der Waals surface area contributed by atoms with Crippen molar-refractivity contribution in [1.29, 1.82) is 0 Å². The van der Waals surface area contributed by atoms with Gasteiger partial charge in [-0.1, -0.05) is 48.0 Å². The number of anilines is 1. The van der Waals surface area contributed by atoms with Gasteiger partial charge in [0.05, 0.1) is 10.7 Å². The van der Waals surface area contributed by atoms with E-state index in [0.717, 1.165) is 27.5 Å². The van der Waals surface area contributed by atoms with Gasteiger partial charge in [-0.05, 0) is 61.7 Å². The lowest BCUT2D eigenvalue weighted by Crippen LogP contribution is -2.56. The van der Waals surface area contributed by atoms with Gasteiger partial charge in [0.25, 0.3) is 5.91 Å². The van der Waals surface area contributed by atoms with E-state index in [-0.39, 0.29) is 24.5 Å². The molecule has 5 rings (SSSR count). The van der Waals surface area contributed by atoms with E-state index >= 15 is 0 Å². The number of hydrogen-bond acceptors (Lipinski definition) is 4. The van der Waals surface area contributed by atoms with Gasteiger partial charge in [0.1, 0.15) is 11.4 Å². The molecule has 182 valence electrons. The summed E-state index contributed by atoms with van der Waals surface area (Å²) in [6.45, 7) is 9.20. The predicted molar refractivity (Wildman–Crippen MR) is 138 cm³/mol. The number of amides is 2. The lowest BCUT2D eigenvalue weighted by Gasteiger charge is -2.42. The number of carbonyl (C=O) groups excluding carboxylic acids is 2. The third-order valence-electron chi connectivity index (χ3n) is 6.34. The maximum absolute atomic E-state index is 12.8. The van der Waals surface area contributed by atoms with E-state index in [1.807, 2.05) is 45.0 Å². The van der Waals surface area contributed by atoms with Crippen molar-refractivity contribution in [1.82, 2.24) is 4.90 Å². The molecular weight excluding hydrogens is 464 g/mol. The molecule has 0 bridgehead atoms. The Labute approximate surface area is 210 Å². The highest BCUT2D eigenvalue weighted by molar-refractivity contribution is 6.34. The van der Waals surface area contributed by atoms with Gasteiger partial charge in [-0.15, -0.1) is 0 Å². The van der Waals surface area contributed by atoms with Crippen molar-refractivity contribution in [2.45, 2.75) is 33.3 Å². The molecule has 3 aromatic carbocycles. The Kier molecular flexibility index (Phi) is 5.88. The fourth-order valence-electron chi connectivity index (χ4n) is 4.73. The van der Waals surface area contributed by atoms with E-state index in [4.69, 9.17) is 21.1 Å². The minimum absolute atomic E-state index is 0.0227. The molecule has 0 aliphatic carbocycles. The van der Waals surface area contributed by atoms with Crippen LogP contribution < -0.4 is 9.64 Å². The average Bonchev–Trinajstić information content (AvgIpc) is 2.75. The van der Waals surface area contributed by atoms with Crippen LogP contribution in [-0.4, -0.2) is 48.7 Å². The molecule has 6 nitrogen and oxygen atoms in total. The highest BCUT2D eigenvalue weighted by atomic mass is 35.5. The molecule has 2 heterocycles. The number of aryl methyl sites for hydroxylation is 1. The summed E-state index contributed by atoms with van der Waals surface area (Å²) in [4.78, 5) is 28.4. The minimum Gasteiger partial charge on any atom is -0.482 e. The maximum atomic E-state index is 12.8. The zero-order valence-electron chi connectivity index (χ0n) is 20.4. The monoisotopic (exact) mass is 492 g/mol. The van der Waals surface area contributed by atoms with Crippen molar-refractivity contribution in [3.05, 3.63) is 59.1 Å². The second-order valence-corrected chi connectivity index (χ2v) is 10.8. The van der Waals surface area contributed by atoms with Gasteiger partial charge in [0.2, 0.25) is 0 Å². The molecule has 0 saturated carbocycles. The average molecular weight is 493 g/mol. The number of ether oxygens (including phenoxy) is 2. The predicted octanol–water partition coefficient (Wildman–Crippen LogP) is 6.06. The van der Waals surface area contributed by atoms with E-state index in [2.05, 4.69) is 31.2 Å². The SMILES string of the molecule is Cc1cc(-c2cc3c(cc2Cl)N(CC2CN(C(=O)OC(C)(C)C)C2)C(=O)CO3)c2ccccc2c1. The van der Waals surface area contributed by atoms with Gasteiger partial charge in [-0.25, -0.2) is 4.79 Å². The second kappa shape index (κ2) is 8.76. The standard InChI is InChI=1S/C28H29ClN2O4/c1-17-9-19-7-5-6-8-20(19)21(10-17)22-11-25-24(12-23(22)29)31(26(32)16-34-25)15-18-13-30(14-18)27(33)35-28(2,3)4/h5-12,18H,13-16H2,1-4H3. The lowest BCUT2D eigenvalue weighted by atomic mass is 9.95. The maximum Gasteiger partial charge on any atom is 0.410 e. The molecule has 3 aromatic rings. The van der Waals surface area contributed by atoms with E-state index in [1.54, 1.807) is 9.80 Å². The molecule has 1 fully saturated rings. The van der Waals surface area contributed by atoms with Crippen LogP contribution in [0.1, 0.15) is 26.3 Å². The van der Waals surface area contributed by atoms with Crippen LogP contribution in [0.5, 0.6) is 5.75 Å². The summed E-state index contributed by atoms with van der Waals surface area (Å²) in [7, 11) is 0. The van der Waals surface area contributed by atoms with Crippen molar-refractivity contribution in [3.63, 3.8) is 0 Å². The molecule has 2 aliphatic rings. The molecule has 0 unspecified atom stereocenters. The van der Waals surface area contributed by atoms with Crippen LogP contribution >= 0.6 is 11.6 Å². The van der Waals surface area contributed by atoms with E-state index in [9.17, 15) is 9.59 Å². The van der Waals surface area contributed by atoms with Crippen molar-refractivity contribution in [2.75, 3.05) is 31.1 Å². The fraction of sp³-hybridized carbons (Fsp3) is 0.357. The molecule has 0 atom stereocenters. The van der Waals surface area contributed by atoms with Gasteiger partial charge in [0.15, 0.2) is 6.61 Å². The van der Waals surface area contributed by atoms with Crippen LogP contribution in [0, 0.1) is 12.8 Å². The molecule has 0 radical (unpaired) electrons. The minimum atomic E-state index is -0.529. The van der Waals surface area contributed by atoms with Crippen LogP contribution in [0.2, 0.25) is 5.02 Å².